The highest BCUT2D eigenvalue weighted by Gasteiger charge is 2.38. The van der Waals surface area contributed by atoms with Gasteiger partial charge in [-0.15, -0.1) is 0 Å². The van der Waals surface area contributed by atoms with Crippen molar-refractivity contribution >= 4 is 28.8 Å². The van der Waals surface area contributed by atoms with Gasteiger partial charge in [-0.2, -0.15) is 0 Å². The minimum atomic E-state index is -0.172. The minimum absolute atomic E-state index is 0.0848. The van der Waals surface area contributed by atoms with E-state index in [0.29, 0.717) is 43.1 Å². The van der Waals surface area contributed by atoms with Gasteiger partial charge in [0.15, 0.2) is 0 Å². The van der Waals surface area contributed by atoms with Crippen LogP contribution in [0, 0.1) is 0 Å². The Labute approximate surface area is 166 Å². The summed E-state index contributed by atoms with van der Waals surface area (Å²) in [5.41, 5.74) is 0.538. The molecule has 8 heteroatoms. The summed E-state index contributed by atoms with van der Waals surface area (Å²) in [5.74, 6) is 1.02. The average molecular weight is 397 g/mol. The van der Waals surface area contributed by atoms with Gasteiger partial charge in [0.25, 0.3) is 11.1 Å². The number of pyridine rings is 1. The SMILES string of the molecule is O=C(c1cccc(Oc2ccccn2)c1)N1CCC(N2C(=O)CSC2=O)CC1. The molecule has 0 N–H and O–H groups in total. The monoisotopic (exact) mass is 397 g/mol. The van der Waals surface area contributed by atoms with Crippen LogP contribution >= 0.6 is 11.8 Å². The molecular weight excluding hydrogens is 378 g/mol. The topological polar surface area (TPSA) is 79.8 Å². The number of hydrogen-bond donors (Lipinski definition) is 0. The van der Waals surface area contributed by atoms with E-state index in [1.807, 2.05) is 6.07 Å². The van der Waals surface area contributed by atoms with Crippen LogP contribution in [0.5, 0.6) is 11.6 Å². The highest BCUT2D eigenvalue weighted by atomic mass is 32.2. The molecule has 0 bridgehead atoms. The van der Waals surface area contributed by atoms with Gasteiger partial charge in [-0.1, -0.05) is 23.9 Å². The molecule has 2 saturated heterocycles. The molecule has 7 nitrogen and oxygen atoms in total. The van der Waals surface area contributed by atoms with Crippen molar-refractivity contribution in [1.82, 2.24) is 14.8 Å². The van der Waals surface area contributed by atoms with Crippen molar-refractivity contribution < 1.29 is 19.1 Å². The minimum Gasteiger partial charge on any atom is -0.439 e. The van der Waals surface area contributed by atoms with E-state index < -0.39 is 0 Å². The number of nitrogens with zero attached hydrogens (tertiary/aromatic N) is 3. The van der Waals surface area contributed by atoms with Gasteiger partial charge in [0, 0.05) is 37.0 Å². The molecule has 0 unspecified atom stereocenters. The Morgan fingerprint density at radius 2 is 1.93 bits per heavy atom. The first-order valence-electron chi connectivity index (χ1n) is 9.09. The smallest absolute Gasteiger partial charge is 0.289 e. The normalized spacial score (nSPS) is 17.9. The van der Waals surface area contributed by atoms with Crippen LogP contribution in [0.3, 0.4) is 0 Å². The van der Waals surface area contributed by atoms with Crippen LogP contribution in [0.4, 0.5) is 4.79 Å². The zero-order valence-electron chi connectivity index (χ0n) is 15.1. The number of likely N-dealkylation sites (tertiary alicyclic amines) is 1. The van der Waals surface area contributed by atoms with Gasteiger partial charge in [-0.3, -0.25) is 19.3 Å². The van der Waals surface area contributed by atoms with Crippen LogP contribution in [0.25, 0.3) is 0 Å². The Balaban J connectivity index is 1.39. The van der Waals surface area contributed by atoms with Crippen LogP contribution in [-0.4, -0.2) is 56.7 Å². The van der Waals surface area contributed by atoms with E-state index in [9.17, 15) is 14.4 Å². The highest BCUT2D eigenvalue weighted by molar-refractivity contribution is 8.14. The van der Waals surface area contributed by atoms with Gasteiger partial charge < -0.3 is 9.64 Å². The lowest BCUT2D eigenvalue weighted by atomic mass is 10.0. The van der Waals surface area contributed by atoms with Gasteiger partial charge in [0.05, 0.1) is 5.75 Å². The number of benzene rings is 1. The zero-order valence-corrected chi connectivity index (χ0v) is 15.9. The maximum atomic E-state index is 12.9. The quantitative estimate of drug-likeness (QED) is 0.788. The van der Waals surface area contributed by atoms with E-state index in [2.05, 4.69) is 4.98 Å². The molecule has 0 radical (unpaired) electrons. The third-order valence-corrected chi connectivity index (χ3v) is 5.68. The fourth-order valence-electron chi connectivity index (χ4n) is 3.45. The number of carbonyl (C=O) groups excluding carboxylic acids is 3. The van der Waals surface area contributed by atoms with Crippen LogP contribution < -0.4 is 4.74 Å². The molecule has 2 fully saturated rings. The molecule has 0 saturated carbocycles. The molecule has 1 aromatic heterocycles. The van der Waals surface area contributed by atoms with E-state index in [-0.39, 0.29) is 28.8 Å². The van der Waals surface area contributed by atoms with Crippen molar-refractivity contribution in [2.45, 2.75) is 18.9 Å². The summed E-state index contributed by atoms with van der Waals surface area (Å²) in [5, 5.41) is -0.172. The third kappa shape index (κ3) is 3.87. The van der Waals surface area contributed by atoms with Crippen LogP contribution in [0.1, 0.15) is 23.2 Å². The molecule has 28 heavy (non-hydrogen) atoms. The number of imide groups is 1. The predicted octanol–water partition coefficient (Wildman–Crippen LogP) is 3.17. The number of amides is 3. The second-order valence-corrected chi connectivity index (χ2v) is 7.57. The molecule has 3 heterocycles. The Morgan fingerprint density at radius 3 is 2.61 bits per heavy atom. The number of aromatic nitrogens is 1. The van der Waals surface area contributed by atoms with E-state index >= 15 is 0 Å². The Morgan fingerprint density at radius 1 is 1.11 bits per heavy atom. The van der Waals surface area contributed by atoms with E-state index in [4.69, 9.17) is 4.74 Å². The molecule has 0 atom stereocenters. The summed E-state index contributed by atoms with van der Waals surface area (Å²) in [4.78, 5) is 43.9. The van der Waals surface area contributed by atoms with Crippen molar-refractivity contribution in [2.75, 3.05) is 18.8 Å². The van der Waals surface area contributed by atoms with Crippen LogP contribution in [0.2, 0.25) is 0 Å². The number of rotatable bonds is 4. The molecule has 1 aromatic carbocycles. The Kier molecular flexibility index (Phi) is 5.29. The largest absolute Gasteiger partial charge is 0.439 e. The predicted molar refractivity (Wildman–Crippen MR) is 104 cm³/mol. The first-order valence-corrected chi connectivity index (χ1v) is 10.1. The van der Waals surface area contributed by atoms with Gasteiger partial charge in [0.1, 0.15) is 5.75 Å². The number of carbonyl (C=O) groups is 3. The van der Waals surface area contributed by atoms with Crippen molar-refractivity contribution in [2.24, 2.45) is 0 Å². The highest BCUT2D eigenvalue weighted by Crippen LogP contribution is 2.27. The summed E-state index contributed by atoms with van der Waals surface area (Å²) < 4.78 is 5.70. The van der Waals surface area contributed by atoms with E-state index in [1.54, 1.807) is 47.5 Å². The lowest BCUT2D eigenvalue weighted by Crippen LogP contribution is -2.48. The first kappa shape index (κ1) is 18.5. The van der Waals surface area contributed by atoms with Crippen molar-refractivity contribution in [3.63, 3.8) is 0 Å². The van der Waals surface area contributed by atoms with Crippen LogP contribution in [0.15, 0.2) is 48.7 Å². The first-order chi connectivity index (χ1) is 13.6. The lowest BCUT2D eigenvalue weighted by molar-refractivity contribution is -0.126. The average Bonchev–Trinajstić information content (AvgIpc) is 3.07. The van der Waals surface area contributed by atoms with E-state index in [0.717, 1.165) is 11.8 Å². The van der Waals surface area contributed by atoms with Gasteiger partial charge >= 0.3 is 0 Å². The summed E-state index contributed by atoms with van der Waals surface area (Å²) in [6.45, 7) is 1.02. The molecule has 0 spiro atoms. The standard InChI is InChI=1S/C20H19N3O4S/c24-18-13-28-20(26)23(18)15-7-10-22(11-8-15)19(25)14-4-3-5-16(12-14)27-17-6-1-2-9-21-17/h1-6,9,12,15H,7-8,10-11,13H2. The maximum absolute atomic E-state index is 12.9. The number of piperidine rings is 1. The maximum Gasteiger partial charge on any atom is 0.289 e. The molecule has 2 aromatic rings. The molecule has 4 rings (SSSR count). The molecule has 3 amide bonds. The molecule has 0 aliphatic carbocycles. The van der Waals surface area contributed by atoms with Crippen molar-refractivity contribution in [3.05, 3.63) is 54.2 Å². The molecule has 2 aliphatic heterocycles. The zero-order chi connectivity index (χ0) is 19.5. The Hall–Kier alpha value is -2.87. The third-order valence-electron chi connectivity index (χ3n) is 4.84. The number of ether oxygens (including phenoxy) is 1. The van der Waals surface area contributed by atoms with Gasteiger partial charge in [-0.25, -0.2) is 4.98 Å². The summed E-state index contributed by atoms with van der Waals surface area (Å²) in [6.07, 6.45) is 2.85. The fraction of sp³-hybridized carbons (Fsp3) is 0.300. The second kappa shape index (κ2) is 8.02. The molecule has 144 valence electrons. The van der Waals surface area contributed by atoms with Gasteiger partial charge in [-0.05, 0) is 37.1 Å². The van der Waals surface area contributed by atoms with E-state index in [1.165, 1.54) is 4.90 Å². The summed E-state index contributed by atoms with van der Waals surface area (Å²) in [6, 6.07) is 12.3. The molecular formula is C20H19N3O4S. The molecule has 2 aliphatic rings. The number of thioether (sulfide) groups is 1. The second-order valence-electron chi connectivity index (χ2n) is 6.64. The van der Waals surface area contributed by atoms with Gasteiger partial charge in [0.2, 0.25) is 11.8 Å². The fourth-order valence-corrected chi connectivity index (χ4v) is 4.22. The number of hydrogen-bond acceptors (Lipinski definition) is 6. The summed E-state index contributed by atoms with van der Waals surface area (Å²) >= 11 is 1.05. The Bertz CT molecular complexity index is 881. The van der Waals surface area contributed by atoms with Crippen molar-refractivity contribution in [1.29, 1.82) is 0 Å². The summed E-state index contributed by atoms with van der Waals surface area (Å²) in [7, 11) is 0. The lowest BCUT2D eigenvalue weighted by Gasteiger charge is -2.35. The van der Waals surface area contributed by atoms with Crippen LogP contribution in [-0.2, 0) is 4.79 Å². The van der Waals surface area contributed by atoms with Crippen molar-refractivity contribution in [3.8, 4) is 11.6 Å².